The fourth-order valence-corrected chi connectivity index (χ4v) is 3.02. The quantitative estimate of drug-likeness (QED) is 0.846. The van der Waals surface area contributed by atoms with Gasteiger partial charge in [0.2, 0.25) is 5.91 Å². The Kier molecular flexibility index (Phi) is 4.33. The zero-order valence-electron chi connectivity index (χ0n) is 11.7. The van der Waals surface area contributed by atoms with Crippen molar-refractivity contribution in [3.05, 3.63) is 35.9 Å². The molecule has 0 aromatic heterocycles. The summed E-state index contributed by atoms with van der Waals surface area (Å²) in [6.07, 6.45) is 3.43. The van der Waals surface area contributed by atoms with Crippen molar-refractivity contribution in [1.29, 1.82) is 0 Å². The highest BCUT2D eigenvalue weighted by Crippen LogP contribution is 2.25. The Morgan fingerprint density at radius 3 is 2.65 bits per heavy atom. The number of carbonyl (C=O) groups is 1. The molecule has 3 rings (SSSR count). The lowest BCUT2D eigenvalue weighted by Gasteiger charge is -2.38. The van der Waals surface area contributed by atoms with Gasteiger partial charge in [0.15, 0.2) is 6.29 Å². The number of piperidine rings is 1. The first-order valence-corrected chi connectivity index (χ1v) is 7.41. The normalized spacial score (nSPS) is 24.0. The van der Waals surface area contributed by atoms with Crippen molar-refractivity contribution >= 4 is 5.91 Å². The van der Waals surface area contributed by atoms with E-state index in [1.165, 1.54) is 0 Å². The van der Waals surface area contributed by atoms with Crippen molar-refractivity contribution in [1.82, 2.24) is 4.90 Å². The summed E-state index contributed by atoms with van der Waals surface area (Å²) in [5.74, 6) is 0.181. The molecule has 0 spiro atoms. The van der Waals surface area contributed by atoms with Crippen LogP contribution in [0.1, 0.15) is 24.8 Å². The van der Waals surface area contributed by atoms with E-state index in [0.717, 1.165) is 31.4 Å². The summed E-state index contributed by atoms with van der Waals surface area (Å²) < 4.78 is 11.2. The van der Waals surface area contributed by atoms with E-state index in [9.17, 15) is 4.79 Å². The van der Waals surface area contributed by atoms with Gasteiger partial charge in [0.1, 0.15) is 0 Å². The molecule has 0 N–H and O–H groups in total. The molecule has 0 radical (unpaired) electrons. The lowest BCUT2D eigenvalue weighted by atomic mass is 10.00. The van der Waals surface area contributed by atoms with Crippen molar-refractivity contribution in [2.75, 3.05) is 19.8 Å². The fourth-order valence-electron chi connectivity index (χ4n) is 3.02. The van der Waals surface area contributed by atoms with Crippen LogP contribution in [0.2, 0.25) is 0 Å². The predicted octanol–water partition coefficient (Wildman–Crippen LogP) is 1.98. The van der Waals surface area contributed by atoms with Crippen LogP contribution < -0.4 is 0 Å². The van der Waals surface area contributed by atoms with Crippen molar-refractivity contribution in [2.24, 2.45) is 0 Å². The molecule has 4 nitrogen and oxygen atoms in total. The Labute approximate surface area is 119 Å². The van der Waals surface area contributed by atoms with Crippen LogP contribution in [0.15, 0.2) is 30.3 Å². The van der Waals surface area contributed by atoms with Crippen LogP contribution in [0.3, 0.4) is 0 Å². The maximum Gasteiger partial charge on any atom is 0.227 e. The molecule has 0 saturated carbocycles. The monoisotopic (exact) mass is 275 g/mol. The van der Waals surface area contributed by atoms with E-state index in [4.69, 9.17) is 9.47 Å². The highest BCUT2D eigenvalue weighted by Gasteiger charge is 2.35. The first kappa shape index (κ1) is 13.6. The van der Waals surface area contributed by atoms with E-state index in [1.807, 2.05) is 35.2 Å². The number of carbonyl (C=O) groups excluding carboxylic acids is 1. The molecular formula is C16H21NO3. The highest BCUT2D eigenvalue weighted by atomic mass is 16.7. The zero-order chi connectivity index (χ0) is 13.8. The molecule has 1 atom stereocenters. The Balaban J connectivity index is 1.67. The van der Waals surface area contributed by atoms with Gasteiger partial charge in [0.25, 0.3) is 0 Å². The number of amides is 1. The van der Waals surface area contributed by atoms with Gasteiger partial charge in [0.05, 0.1) is 25.7 Å². The lowest BCUT2D eigenvalue weighted by molar-refractivity contribution is -0.149. The van der Waals surface area contributed by atoms with Gasteiger partial charge in [-0.3, -0.25) is 4.79 Å². The molecule has 2 fully saturated rings. The maximum atomic E-state index is 12.5. The standard InChI is InChI=1S/C16H21NO3/c18-15(12-13-6-2-1-3-7-13)17-9-5-4-8-14(17)16-19-10-11-20-16/h1-3,6-7,14,16H,4-5,8-12H2. The number of ether oxygens (including phenoxy) is 2. The van der Waals surface area contributed by atoms with Crippen molar-refractivity contribution in [3.8, 4) is 0 Å². The van der Waals surface area contributed by atoms with Crippen molar-refractivity contribution in [2.45, 2.75) is 38.0 Å². The predicted molar refractivity (Wildman–Crippen MR) is 75.2 cm³/mol. The molecule has 0 aliphatic carbocycles. The fraction of sp³-hybridized carbons (Fsp3) is 0.562. The summed E-state index contributed by atoms with van der Waals surface area (Å²) >= 11 is 0. The van der Waals surface area contributed by atoms with Crippen molar-refractivity contribution < 1.29 is 14.3 Å². The van der Waals surface area contributed by atoms with Crippen LogP contribution in [0.25, 0.3) is 0 Å². The molecule has 0 bridgehead atoms. The van der Waals surface area contributed by atoms with Gasteiger partial charge in [0, 0.05) is 6.54 Å². The average molecular weight is 275 g/mol. The highest BCUT2D eigenvalue weighted by molar-refractivity contribution is 5.79. The van der Waals surface area contributed by atoms with E-state index in [2.05, 4.69) is 0 Å². The van der Waals surface area contributed by atoms with Gasteiger partial charge >= 0.3 is 0 Å². The molecule has 2 saturated heterocycles. The van der Waals surface area contributed by atoms with Gasteiger partial charge in [-0.05, 0) is 24.8 Å². The molecule has 1 amide bonds. The van der Waals surface area contributed by atoms with Gasteiger partial charge in [-0.1, -0.05) is 30.3 Å². The molecular weight excluding hydrogens is 254 g/mol. The summed E-state index contributed by atoms with van der Waals surface area (Å²) in [6, 6.07) is 10.00. The zero-order valence-corrected chi connectivity index (χ0v) is 11.7. The first-order chi connectivity index (χ1) is 9.84. The van der Waals surface area contributed by atoms with Gasteiger partial charge in [-0.25, -0.2) is 0 Å². The largest absolute Gasteiger partial charge is 0.348 e. The van der Waals surface area contributed by atoms with Gasteiger partial charge in [-0.15, -0.1) is 0 Å². The summed E-state index contributed by atoms with van der Waals surface area (Å²) in [5, 5.41) is 0. The molecule has 2 aliphatic rings. The molecule has 1 aromatic carbocycles. The summed E-state index contributed by atoms with van der Waals surface area (Å²) in [5.41, 5.74) is 1.06. The van der Waals surface area contributed by atoms with E-state index in [-0.39, 0.29) is 18.2 Å². The SMILES string of the molecule is O=C(Cc1ccccc1)N1CCCCC1C1OCCO1. The third-order valence-electron chi connectivity index (χ3n) is 4.03. The van der Waals surface area contributed by atoms with Crippen LogP contribution >= 0.6 is 0 Å². The number of rotatable bonds is 3. The van der Waals surface area contributed by atoms with Crippen LogP contribution in [-0.4, -0.2) is 42.9 Å². The third-order valence-corrected chi connectivity index (χ3v) is 4.03. The number of likely N-dealkylation sites (tertiary alicyclic amines) is 1. The molecule has 108 valence electrons. The molecule has 1 unspecified atom stereocenters. The average Bonchev–Trinajstić information content (AvgIpc) is 3.02. The molecule has 4 heteroatoms. The van der Waals surface area contributed by atoms with Crippen molar-refractivity contribution in [3.63, 3.8) is 0 Å². The van der Waals surface area contributed by atoms with Gasteiger partial charge in [-0.2, -0.15) is 0 Å². The Hall–Kier alpha value is -1.39. The third kappa shape index (κ3) is 3.02. The second-order valence-corrected chi connectivity index (χ2v) is 5.42. The molecule has 2 aliphatic heterocycles. The Bertz CT molecular complexity index is 442. The number of nitrogens with zero attached hydrogens (tertiary/aromatic N) is 1. The van der Waals surface area contributed by atoms with Crippen LogP contribution in [0.5, 0.6) is 0 Å². The number of hydrogen-bond donors (Lipinski definition) is 0. The second kappa shape index (κ2) is 6.37. The maximum absolute atomic E-state index is 12.5. The minimum Gasteiger partial charge on any atom is -0.348 e. The second-order valence-electron chi connectivity index (χ2n) is 5.42. The Morgan fingerprint density at radius 2 is 1.90 bits per heavy atom. The molecule has 1 aromatic rings. The number of benzene rings is 1. The smallest absolute Gasteiger partial charge is 0.227 e. The van der Waals surface area contributed by atoms with Crippen LogP contribution in [0, 0.1) is 0 Å². The van der Waals surface area contributed by atoms with E-state index < -0.39 is 0 Å². The minimum atomic E-state index is -0.227. The Morgan fingerprint density at radius 1 is 1.15 bits per heavy atom. The minimum absolute atomic E-state index is 0.0856. The molecule has 20 heavy (non-hydrogen) atoms. The summed E-state index contributed by atoms with van der Waals surface area (Å²) in [7, 11) is 0. The summed E-state index contributed by atoms with van der Waals surface area (Å²) in [6.45, 7) is 2.10. The van der Waals surface area contributed by atoms with Gasteiger partial charge < -0.3 is 14.4 Å². The van der Waals surface area contributed by atoms with E-state index in [0.29, 0.717) is 19.6 Å². The van der Waals surface area contributed by atoms with E-state index in [1.54, 1.807) is 0 Å². The topological polar surface area (TPSA) is 38.8 Å². The first-order valence-electron chi connectivity index (χ1n) is 7.41. The summed E-state index contributed by atoms with van der Waals surface area (Å²) in [4.78, 5) is 14.5. The van der Waals surface area contributed by atoms with Crippen LogP contribution in [0.4, 0.5) is 0 Å². The molecule has 2 heterocycles. The number of hydrogen-bond acceptors (Lipinski definition) is 3. The van der Waals surface area contributed by atoms with Crippen LogP contribution in [-0.2, 0) is 20.7 Å². The van der Waals surface area contributed by atoms with E-state index >= 15 is 0 Å². The lowest BCUT2D eigenvalue weighted by Crippen LogP contribution is -2.50.